The topological polar surface area (TPSA) is 59.5 Å². The lowest BCUT2D eigenvalue weighted by atomic mass is 10.1. The van der Waals surface area contributed by atoms with Crippen molar-refractivity contribution in [1.82, 2.24) is 9.29 Å². The molecule has 0 saturated carbocycles. The number of hydrogen-bond donors (Lipinski definition) is 0. The van der Waals surface area contributed by atoms with Gasteiger partial charge >= 0.3 is 6.18 Å². The Labute approximate surface area is 120 Å². The van der Waals surface area contributed by atoms with Crippen molar-refractivity contribution < 1.29 is 26.3 Å². The highest BCUT2D eigenvalue weighted by atomic mass is 32.2. The lowest BCUT2D eigenvalue weighted by Gasteiger charge is -2.33. The minimum absolute atomic E-state index is 0.235. The van der Waals surface area contributed by atoms with E-state index in [2.05, 4.69) is 4.98 Å². The average Bonchev–Trinajstić information content (AvgIpc) is 2.46. The van der Waals surface area contributed by atoms with Gasteiger partial charge in [-0.3, -0.25) is 4.98 Å². The molecule has 0 bridgehead atoms. The summed E-state index contributed by atoms with van der Waals surface area (Å²) < 4.78 is 68.8. The van der Waals surface area contributed by atoms with Gasteiger partial charge < -0.3 is 4.74 Å². The molecule has 1 aromatic heterocycles. The zero-order valence-corrected chi connectivity index (χ0v) is 11.9. The summed E-state index contributed by atoms with van der Waals surface area (Å²) in [5, 5.41) is 0. The van der Waals surface area contributed by atoms with Gasteiger partial charge in [0, 0.05) is 31.6 Å². The Morgan fingerprint density at radius 2 is 2.00 bits per heavy atom. The molecule has 0 spiro atoms. The summed E-state index contributed by atoms with van der Waals surface area (Å²) in [6.07, 6.45) is -1.70. The Kier molecular flexibility index (Phi) is 4.84. The molecule has 1 aliphatic rings. The van der Waals surface area contributed by atoms with E-state index in [1.54, 1.807) is 0 Å². The molecule has 1 aromatic rings. The molecule has 0 radical (unpaired) electrons. The van der Waals surface area contributed by atoms with Crippen molar-refractivity contribution in [3.05, 3.63) is 24.5 Å². The van der Waals surface area contributed by atoms with Gasteiger partial charge in [0.2, 0.25) is 10.0 Å². The molecular formula is C12H15F3N2O3S. The monoisotopic (exact) mass is 324 g/mol. The Balaban J connectivity index is 2.34. The number of sulfonamides is 1. The number of pyridine rings is 1. The van der Waals surface area contributed by atoms with Gasteiger partial charge in [-0.25, -0.2) is 8.42 Å². The van der Waals surface area contributed by atoms with Crippen LogP contribution >= 0.6 is 0 Å². The van der Waals surface area contributed by atoms with E-state index in [1.165, 1.54) is 18.3 Å². The van der Waals surface area contributed by atoms with Gasteiger partial charge in [0.15, 0.2) is 0 Å². The third kappa shape index (κ3) is 4.14. The molecule has 0 amide bonds. The second-order valence-electron chi connectivity index (χ2n) is 4.70. The van der Waals surface area contributed by atoms with Crippen LogP contribution in [0.25, 0.3) is 0 Å². The normalized spacial score (nSPS) is 18.1. The highest BCUT2D eigenvalue weighted by Gasteiger charge is 2.41. The van der Waals surface area contributed by atoms with E-state index in [-0.39, 0.29) is 31.0 Å². The molecule has 1 aliphatic heterocycles. The molecule has 9 heteroatoms. The fourth-order valence-corrected chi connectivity index (χ4v) is 3.83. The first-order valence-electron chi connectivity index (χ1n) is 6.37. The minimum atomic E-state index is -4.60. The van der Waals surface area contributed by atoms with Crippen LogP contribution in [0.3, 0.4) is 0 Å². The maximum absolute atomic E-state index is 12.8. The fourth-order valence-electron chi connectivity index (χ4n) is 2.20. The third-order valence-corrected chi connectivity index (χ3v) is 5.06. The van der Waals surface area contributed by atoms with Crippen LogP contribution in [-0.4, -0.2) is 49.7 Å². The number of aromatic nitrogens is 1. The first-order valence-corrected chi connectivity index (χ1v) is 7.81. The summed E-state index contributed by atoms with van der Waals surface area (Å²) in [5.41, 5.74) is 0. The van der Waals surface area contributed by atoms with Crippen LogP contribution in [0.5, 0.6) is 0 Å². The molecule has 0 atom stereocenters. The lowest BCUT2D eigenvalue weighted by Crippen LogP contribution is -2.47. The van der Waals surface area contributed by atoms with Crippen molar-refractivity contribution in [3.63, 3.8) is 0 Å². The van der Waals surface area contributed by atoms with Crippen LogP contribution in [0, 0.1) is 0 Å². The van der Waals surface area contributed by atoms with Gasteiger partial charge in [-0.15, -0.1) is 0 Å². The number of rotatable bonds is 4. The van der Waals surface area contributed by atoms with Crippen LogP contribution in [0.15, 0.2) is 29.4 Å². The van der Waals surface area contributed by atoms with Gasteiger partial charge in [-0.1, -0.05) is 0 Å². The van der Waals surface area contributed by atoms with Crippen LogP contribution < -0.4 is 0 Å². The summed E-state index contributed by atoms with van der Waals surface area (Å²) in [6.45, 7) is -1.00. The maximum atomic E-state index is 12.8. The van der Waals surface area contributed by atoms with Crippen LogP contribution in [0.4, 0.5) is 13.2 Å². The molecule has 2 rings (SSSR count). The van der Waals surface area contributed by atoms with E-state index in [0.29, 0.717) is 4.31 Å². The molecule has 0 N–H and O–H groups in total. The smallest absolute Gasteiger partial charge is 0.381 e. The summed E-state index contributed by atoms with van der Waals surface area (Å²) >= 11 is 0. The lowest BCUT2D eigenvalue weighted by molar-refractivity contribution is -0.141. The maximum Gasteiger partial charge on any atom is 0.402 e. The Morgan fingerprint density at radius 3 is 2.52 bits per heavy atom. The molecule has 0 unspecified atom stereocenters. The van der Waals surface area contributed by atoms with E-state index in [9.17, 15) is 21.6 Å². The first kappa shape index (κ1) is 16.2. The minimum Gasteiger partial charge on any atom is -0.381 e. The SMILES string of the molecule is O=S(=O)(c1cccnc1)N(CC(F)(F)F)C1CCOCC1. The predicted octanol–water partition coefficient (Wildman–Crippen LogP) is 1.81. The second-order valence-corrected chi connectivity index (χ2v) is 6.59. The largest absolute Gasteiger partial charge is 0.402 e. The second kappa shape index (κ2) is 6.29. The van der Waals surface area contributed by atoms with E-state index in [4.69, 9.17) is 4.74 Å². The summed E-state index contributed by atoms with van der Waals surface area (Å²) in [4.78, 5) is 3.43. The van der Waals surface area contributed by atoms with E-state index in [0.717, 1.165) is 6.20 Å². The third-order valence-electron chi connectivity index (χ3n) is 3.17. The van der Waals surface area contributed by atoms with Crippen molar-refractivity contribution in [1.29, 1.82) is 0 Å². The summed E-state index contributed by atoms with van der Waals surface area (Å²) in [6, 6.07) is 1.90. The first-order chi connectivity index (χ1) is 9.81. The Morgan fingerprint density at radius 1 is 1.33 bits per heavy atom. The quantitative estimate of drug-likeness (QED) is 0.847. The summed E-state index contributed by atoms with van der Waals surface area (Å²) in [5.74, 6) is 0. The Hall–Kier alpha value is -1.19. The van der Waals surface area contributed by atoms with Crippen molar-refractivity contribution in [2.24, 2.45) is 0 Å². The van der Waals surface area contributed by atoms with Gasteiger partial charge in [0.1, 0.15) is 11.4 Å². The van der Waals surface area contributed by atoms with Gasteiger partial charge in [-0.2, -0.15) is 17.5 Å². The average molecular weight is 324 g/mol. The van der Waals surface area contributed by atoms with E-state index >= 15 is 0 Å². The zero-order valence-electron chi connectivity index (χ0n) is 11.1. The van der Waals surface area contributed by atoms with Crippen molar-refractivity contribution in [2.75, 3.05) is 19.8 Å². The molecule has 1 fully saturated rings. The van der Waals surface area contributed by atoms with Crippen molar-refractivity contribution in [2.45, 2.75) is 30.0 Å². The molecule has 0 aliphatic carbocycles. The van der Waals surface area contributed by atoms with Crippen LogP contribution in [0.1, 0.15) is 12.8 Å². The number of hydrogen-bond acceptors (Lipinski definition) is 4. The standard InChI is InChI=1S/C12H15F3N2O3S/c13-12(14,15)9-17(10-3-6-20-7-4-10)21(18,19)11-2-1-5-16-8-11/h1-2,5,8,10H,3-4,6-7,9H2. The van der Waals surface area contributed by atoms with E-state index in [1.807, 2.05) is 0 Å². The predicted molar refractivity (Wildman–Crippen MR) is 68.0 cm³/mol. The number of alkyl halides is 3. The van der Waals surface area contributed by atoms with Crippen molar-refractivity contribution >= 4 is 10.0 Å². The molecule has 0 aromatic carbocycles. The fraction of sp³-hybridized carbons (Fsp3) is 0.583. The molecule has 5 nitrogen and oxygen atoms in total. The summed E-state index contributed by atoms with van der Waals surface area (Å²) in [7, 11) is -4.24. The Bertz CT molecular complexity index is 557. The molecule has 2 heterocycles. The van der Waals surface area contributed by atoms with Crippen LogP contribution in [-0.2, 0) is 14.8 Å². The molecule has 21 heavy (non-hydrogen) atoms. The van der Waals surface area contributed by atoms with E-state index < -0.39 is 28.8 Å². The molecular weight excluding hydrogens is 309 g/mol. The molecule has 1 saturated heterocycles. The highest BCUT2D eigenvalue weighted by Crippen LogP contribution is 2.27. The van der Waals surface area contributed by atoms with Gasteiger partial charge in [0.25, 0.3) is 0 Å². The number of nitrogens with zero attached hydrogens (tertiary/aromatic N) is 2. The zero-order chi connectivity index (χ0) is 15.5. The number of ether oxygens (including phenoxy) is 1. The highest BCUT2D eigenvalue weighted by molar-refractivity contribution is 7.89. The van der Waals surface area contributed by atoms with Crippen LogP contribution in [0.2, 0.25) is 0 Å². The molecule has 118 valence electrons. The number of halogens is 3. The van der Waals surface area contributed by atoms with Crippen molar-refractivity contribution in [3.8, 4) is 0 Å². The van der Waals surface area contributed by atoms with Gasteiger partial charge in [-0.05, 0) is 25.0 Å². The van der Waals surface area contributed by atoms with Gasteiger partial charge in [0.05, 0.1) is 0 Å².